The molecule has 8 nitrogen and oxygen atoms in total. The van der Waals surface area contributed by atoms with Gasteiger partial charge in [0.2, 0.25) is 0 Å². The van der Waals surface area contributed by atoms with Crippen LogP contribution in [0.25, 0.3) is 0 Å². The number of aliphatic hydroxyl groups is 1. The van der Waals surface area contributed by atoms with Gasteiger partial charge in [-0.25, -0.2) is 4.68 Å². The van der Waals surface area contributed by atoms with Crippen molar-refractivity contribution in [1.29, 1.82) is 0 Å². The molecule has 0 bridgehead atoms. The molecule has 0 saturated heterocycles. The van der Waals surface area contributed by atoms with Crippen molar-refractivity contribution >= 4 is 40.5 Å². The number of hydrogen-bond acceptors (Lipinski definition) is 6. The number of benzene rings is 2. The summed E-state index contributed by atoms with van der Waals surface area (Å²) in [6.07, 6.45) is 0. The summed E-state index contributed by atoms with van der Waals surface area (Å²) in [6, 6.07) is 10.7. The van der Waals surface area contributed by atoms with Crippen LogP contribution in [-0.4, -0.2) is 58.1 Å². The first-order valence-corrected chi connectivity index (χ1v) is 10.8. The second-order valence-corrected chi connectivity index (χ2v) is 8.46. The van der Waals surface area contributed by atoms with Crippen LogP contribution in [0, 0.1) is 6.92 Å². The van der Waals surface area contributed by atoms with Gasteiger partial charge in [0.25, 0.3) is 5.91 Å². The maximum atomic E-state index is 12.8. The topological polar surface area (TPSA) is 95.3 Å². The number of carbonyl (C=O) groups excluding carboxylic acids is 1. The van der Waals surface area contributed by atoms with Gasteiger partial charge in [-0.1, -0.05) is 34.5 Å². The Morgan fingerprint density at radius 1 is 1.16 bits per heavy atom. The minimum absolute atomic E-state index is 0.146. The summed E-state index contributed by atoms with van der Waals surface area (Å²) >= 11 is 12.0. The summed E-state index contributed by atoms with van der Waals surface area (Å²) < 4.78 is 1.63. The van der Waals surface area contributed by atoms with Gasteiger partial charge in [-0.05, 0) is 56.9 Å². The van der Waals surface area contributed by atoms with Gasteiger partial charge in [0.15, 0.2) is 5.69 Å². The van der Waals surface area contributed by atoms with Crippen LogP contribution in [-0.2, 0) is 13.2 Å². The van der Waals surface area contributed by atoms with Crippen molar-refractivity contribution in [3.63, 3.8) is 0 Å². The molecule has 3 rings (SSSR count). The summed E-state index contributed by atoms with van der Waals surface area (Å²) in [5.74, 6) is -0.375. The summed E-state index contributed by atoms with van der Waals surface area (Å²) in [7, 11) is 3.99. The lowest BCUT2D eigenvalue weighted by atomic mass is 10.1. The average Bonchev–Trinajstić information content (AvgIpc) is 3.11. The van der Waals surface area contributed by atoms with E-state index in [4.69, 9.17) is 23.2 Å². The van der Waals surface area contributed by atoms with Gasteiger partial charge in [0, 0.05) is 30.0 Å². The van der Waals surface area contributed by atoms with Crippen LogP contribution in [0.15, 0.2) is 36.4 Å². The molecule has 3 N–H and O–H groups in total. The quantitative estimate of drug-likeness (QED) is 0.436. The number of hydrogen-bond donors (Lipinski definition) is 3. The Kier molecular flexibility index (Phi) is 8.09. The normalized spacial score (nSPS) is 11.1. The molecule has 32 heavy (non-hydrogen) atoms. The van der Waals surface area contributed by atoms with Gasteiger partial charge in [-0.3, -0.25) is 4.79 Å². The van der Waals surface area contributed by atoms with Crippen molar-refractivity contribution in [3.05, 3.63) is 69.0 Å². The Morgan fingerprint density at radius 2 is 1.94 bits per heavy atom. The number of carbonyl (C=O) groups is 1. The molecule has 3 aromatic rings. The highest BCUT2D eigenvalue weighted by Crippen LogP contribution is 2.24. The second-order valence-electron chi connectivity index (χ2n) is 7.64. The lowest BCUT2D eigenvalue weighted by Crippen LogP contribution is -2.21. The minimum Gasteiger partial charge on any atom is -0.392 e. The average molecular weight is 477 g/mol. The van der Waals surface area contributed by atoms with E-state index in [1.54, 1.807) is 35.9 Å². The van der Waals surface area contributed by atoms with Gasteiger partial charge in [-0.15, -0.1) is 5.10 Å². The Bertz CT molecular complexity index is 1100. The van der Waals surface area contributed by atoms with Crippen LogP contribution < -0.4 is 10.6 Å². The number of halogens is 2. The number of aromatic nitrogens is 3. The van der Waals surface area contributed by atoms with E-state index in [1.165, 1.54) is 0 Å². The van der Waals surface area contributed by atoms with Crippen molar-refractivity contribution in [2.75, 3.05) is 37.8 Å². The first-order chi connectivity index (χ1) is 15.3. The summed E-state index contributed by atoms with van der Waals surface area (Å²) in [5.41, 5.74) is 3.83. The zero-order chi connectivity index (χ0) is 23.3. The number of likely N-dealkylation sites (N-methyl/N-ethyl adjacent to an activating group) is 1. The first-order valence-electron chi connectivity index (χ1n) is 10.1. The van der Waals surface area contributed by atoms with Gasteiger partial charge < -0.3 is 20.6 Å². The molecule has 170 valence electrons. The zero-order valence-electron chi connectivity index (χ0n) is 18.2. The van der Waals surface area contributed by atoms with Crippen LogP contribution in [0.5, 0.6) is 0 Å². The Balaban J connectivity index is 1.69. The van der Waals surface area contributed by atoms with Crippen molar-refractivity contribution in [1.82, 2.24) is 19.9 Å². The number of nitrogens with zero attached hydrogens (tertiary/aromatic N) is 4. The fourth-order valence-corrected chi connectivity index (χ4v) is 3.43. The Hall–Kier alpha value is -2.65. The number of aliphatic hydroxyl groups excluding tert-OH is 1. The fourth-order valence-electron chi connectivity index (χ4n) is 3.11. The molecule has 0 aliphatic rings. The van der Waals surface area contributed by atoms with Gasteiger partial charge in [-0.2, -0.15) is 0 Å². The van der Waals surface area contributed by atoms with Crippen LogP contribution in [0.2, 0.25) is 10.0 Å². The van der Waals surface area contributed by atoms with E-state index in [2.05, 4.69) is 25.8 Å². The van der Waals surface area contributed by atoms with Crippen molar-refractivity contribution in [2.45, 2.75) is 20.1 Å². The third-order valence-electron chi connectivity index (χ3n) is 4.92. The van der Waals surface area contributed by atoms with Crippen LogP contribution in [0.4, 0.5) is 11.4 Å². The van der Waals surface area contributed by atoms with Crippen LogP contribution in [0.3, 0.4) is 0 Å². The van der Waals surface area contributed by atoms with E-state index < -0.39 is 0 Å². The van der Waals surface area contributed by atoms with E-state index in [-0.39, 0.29) is 18.2 Å². The zero-order valence-corrected chi connectivity index (χ0v) is 19.7. The third-order valence-corrected chi connectivity index (χ3v) is 5.66. The number of rotatable bonds is 9. The fraction of sp³-hybridized carbons (Fsp3) is 0.318. The van der Waals surface area contributed by atoms with Gasteiger partial charge >= 0.3 is 0 Å². The third kappa shape index (κ3) is 5.98. The second kappa shape index (κ2) is 10.8. The lowest BCUT2D eigenvalue weighted by Gasteiger charge is -2.15. The highest BCUT2D eigenvalue weighted by Gasteiger charge is 2.17. The molecule has 0 aliphatic carbocycles. The molecule has 2 aromatic carbocycles. The minimum atomic E-state index is -0.375. The molecule has 1 heterocycles. The maximum absolute atomic E-state index is 12.8. The summed E-state index contributed by atoms with van der Waals surface area (Å²) in [6.45, 7) is 3.65. The van der Waals surface area contributed by atoms with E-state index in [1.807, 2.05) is 26.2 Å². The molecule has 10 heteroatoms. The Labute approximate surface area is 197 Å². The van der Waals surface area contributed by atoms with Crippen molar-refractivity contribution in [3.8, 4) is 0 Å². The Morgan fingerprint density at radius 3 is 2.62 bits per heavy atom. The predicted octanol–water partition coefficient (Wildman–Crippen LogP) is 3.66. The molecule has 1 amide bonds. The lowest BCUT2D eigenvalue weighted by molar-refractivity contribution is 0.102. The molecule has 0 radical (unpaired) electrons. The van der Waals surface area contributed by atoms with E-state index in [0.29, 0.717) is 33.5 Å². The molecule has 1 aromatic heterocycles. The molecular weight excluding hydrogens is 451 g/mol. The molecule has 0 saturated carbocycles. The highest BCUT2D eigenvalue weighted by atomic mass is 35.5. The van der Waals surface area contributed by atoms with E-state index in [9.17, 15) is 9.90 Å². The smallest absolute Gasteiger partial charge is 0.278 e. The van der Waals surface area contributed by atoms with Crippen LogP contribution in [0.1, 0.15) is 27.3 Å². The maximum Gasteiger partial charge on any atom is 0.278 e. The predicted molar refractivity (Wildman–Crippen MR) is 128 cm³/mol. The number of nitrogens with one attached hydrogen (secondary N) is 2. The van der Waals surface area contributed by atoms with Gasteiger partial charge in [0.05, 0.1) is 28.9 Å². The highest BCUT2D eigenvalue weighted by molar-refractivity contribution is 6.42. The molecule has 0 aliphatic heterocycles. The SMILES string of the molecule is Cc1c(C(=O)Nc2ccc(NCCN(C)C)c(CO)c2)nnn1Cc1ccc(Cl)c(Cl)c1. The molecule has 0 unspecified atom stereocenters. The summed E-state index contributed by atoms with van der Waals surface area (Å²) in [4.78, 5) is 14.8. The molecule has 0 fully saturated rings. The summed E-state index contributed by atoms with van der Waals surface area (Å²) in [5, 5.41) is 24.9. The molecular formula is C22H26Cl2N6O2. The number of amides is 1. The van der Waals surface area contributed by atoms with Crippen molar-refractivity contribution < 1.29 is 9.90 Å². The molecule has 0 atom stereocenters. The largest absolute Gasteiger partial charge is 0.392 e. The first kappa shape index (κ1) is 24.0. The van der Waals surface area contributed by atoms with Gasteiger partial charge in [0.1, 0.15) is 0 Å². The van der Waals surface area contributed by atoms with E-state index >= 15 is 0 Å². The monoisotopic (exact) mass is 476 g/mol. The standard InChI is InChI=1S/C22H26Cl2N6O2/c1-14-21(27-28-30(14)12-15-4-6-18(23)19(24)10-15)22(32)26-17-5-7-20(16(11-17)13-31)25-8-9-29(2)3/h4-7,10-11,25,31H,8-9,12-13H2,1-3H3,(H,26,32). The number of anilines is 2. The van der Waals surface area contributed by atoms with E-state index in [0.717, 1.165) is 24.3 Å². The van der Waals surface area contributed by atoms with Crippen molar-refractivity contribution in [2.24, 2.45) is 0 Å². The molecule has 0 spiro atoms. The van der Waals surface area contributed by atoms with Crippen LogP contribution >= 0.6 is 23.2 Å².